The third-order valence-electron chi connectivity index (χ3n) is 3.02. The van der Waals surface area contributed by atoms with Gasteiger partial charge < -0.3 is 10.4 Å². The lowest BCUT2D eigenvalue weighted by molar-refractivity contribution is -0.141. The van der Waals surface area contributed by atoms with E-state index >= 15 is 0 Å². The highest BCUT2D eigenvalue weighted by Crippen LogP contribution is 2.10. The Balaban J connectivity index is 2.37. The number of hydrogen-bond donors (Lipinski definition) is 2. The van der Waals surface area contributed by atoms with E-state index in [0.29, 0.717) is 16.7 Å². The molecule has 0 radical (unpaired) electrons. The number of nitrogens with zero attached hydrogens (tertiary/aromatic N) is 1. The van der Waals surface area contributed by atoms with Gasteiger partial charge in [0.05, 0.1) is 5.92 Å². The van der Waals surface area contributed by atoms with Gasteiger partial charge in [0, 0.05) is 6.04 Å². The normalized spacial score (nSPS) is 13.6. The number of carboxylic acids is 1. The van der Waals surface area contributed by atoms with Crippen LogP contribution in [0.1, 0.15) is 43.6 Å². The molecule has 6 heteroatoms. The Morgan fingerprint density at radius 2 is 2.05 bits per heavy atom. The summed E-state index contributed by atoms with van der Waals surface area (Å²) in [6.45, 7) is 3.60. The minimum atomic E-state index is -0.778. The molecule has 0 bridgehead atoms. The van der Waals surface area contributed by atoms with Crippen LogP contribution >= 0.6 is 15.9 Å². The van der Waals surface area contributed by atoms with Gasteiger partial charge in [0.15, 0.2) is 0 Å². The van der Waals surface area contributed by atoms with Gasteiger partial charge in [-0.2, -0.15) is 0 Å². The van der Waals surface area contributed by atoms with Crippen LogP contribution in [0, 0.1) is 5.92 Å². The van der Waals surface area contributed by atoms with Crippen molar-refractivity contribution in [3.63, 3.8) is 0 Å². The molecule has 0 aliphatic rings. The fourth-order valence-corrected chi connectivity index (χ4v) is 2.10. The van der Waals surface area contributed by atoms with Crippen LogP contribution in [0.15, 0.2) is 22.8 Å². The predicted molar refractivity (Wildman–Crippen MR) is 79.5 cm³/mol. The van der Waals surface area contributed by atoms with Gasteiger partial charge in [0.2, 0.25) is 0 Å². The zero-order valence-corrected chi connectivity index (χ0v) is 13.2. The monoisotopic (exact) mass is 342 g/mol. The molecular formula is C14H19BrN2O3. The van der Waals surface area contributed by atoms with Crippen LogP contribution in [-0.4, -0.2) is 28.0 Å². The molecule has 0 aliphatic carbocycles. The van der Waals surface area contributed by atoms with Crippen molar-refractivity contribution >= 4 is 27.8 Å². The molecule has 1 amide bonds. The molecule has 2 N–H and O–H groups in total. The molecule has 0 saturated carbocycles. The van der Waals surface area contributed by atoms with E-state index in [1.54, 1.807) is 25.1 Å². The number of nitrogens with one attached hydrogen (secondary N) is 1. The van der Waals surface area contributed by atoms with Gasteiger partial charge in [-0.15, -0.1) is 0 Å². The first kappa shape index (κ1) is 16.6. The van der Waals surface area contributed by atoms with Crippen molar-refractivity contribution < 1.29 is 14.7 Å². The quantitative estimate of drug-likeness (QED) is 0.746. The van der Waals surface area contributed by atoms with Gasteiger partial charge in [-0.25, -0.2) is 4.98 Å². The molecule has 0 aliphatic heterocycles. The van der Waals surface area contributed by atoms with Crippen molar-refractivity contribution in [3.05, 3.63) is 28.5 Å². The molecule has 0 aromatic carbocycles. The van der Waals surface area contributed by atoms with Gasteiger partial charge in [-0.1, -0.05) is 19.4 Å². The number of aromatic nitrogens is 1. The summed E-state index contributed by atoms with van der Waals surface area (Å²) in [6, 6.07) is 5.15. The highest BCUT2D eigenvalue weighted by molar-refractivity contribution is 9.10. The number of aliphatic carboxylic acids is 1. The summed E-state index contributed by atoms with van der Waals surface area (Å²) >= 11 is 3.22. The molecule has 2 unspecified atom stereocenters. The lowest BCUT2D eigenvalue weighted by Gasteiger charge is -2.14. The van der Waals surface area contributed by atoms with Crippen molar-refractivity contribution in [3.8, 4) is 0 Å². The second-order valence-corrected chi connectivity index (χ2v) is 5.70. The number of pyridine rings is 1. The fraction of sp³-hybridized carbons (Fsp3) is 0.500. The molecule has 0 spiro atoms. The van der Waals surface area contributed by atoms with Crippen LogP contribution in [0.25, 0.3) is 0 Å². The Hall–Kier alpha value is -1.43. The zero-order valence-electron chi connectivity index (χ0n) is 11.6. The highest BCUT2D eigenvalue weighted by atomic mass is 79.9. The van der Waals surface area contributed by atoms with Crippen LogP contribution in [0.5, 0.6) is 0 Å². The standard InChI is InChI=1S/C14H19BrN2O3/c1-9(14(19)20)5-3-6-10(2)16-13(18)11-7-4-8-12(15)17-11/h4,7-10H,3,5-6H2,1-2H3,(H,16,18)(H,19,20). The van der Waals surface area contributed by atoms with E-state index in [9.17, 15) is 9.59 Å². The van der Waals surface area contributed by atoms with Crippen LogP contribution in [-0.2, 0) is 4.79 Å². The number of carbonyl (C=O) groups is 2. The Kier molecular flexibility index (Phi) is 6.64. The number of rotatable bonds is 7. The molecule has 0 saturated heterocycles. The topological polar surface area (TPSA) is 79.3 Å². The Labute approximate surface area is 126 Å². The van der Waals surface area contributed by atoms with Crippen molar-refractivity contribution in [1.29, 1.82) is 0 Å². The van der Waals surface area contributed by atoms with Crippen molar-refractivity contribution in [2.45, 2.75) is 39.2 Å². The zero-order chi connectivity index (χ0) is 15.1. The van der Waals surface area contributed by atoms with E-state index < -0.39 is 5.97 Å². The minimum Gasteiger partial charge on any atom is -0.481 e. The Morgan fingerprint density at radius 3 is 2.65 bits per heavy atom. The second kappa shape index (κ2) is 7.99. The van der Waals surface area contributed by atoms with E-state index in [2.05, 4.69) is 26.2 Å². The predicted octanol–water partition coefficient (Wildman–Crippen LogP) is 2.85. The molecule has 1 aromatic rings. The summed E-state index contributed by atoms with van der Waals surface area (Å²) < 4.78 is 0.619. The van der Waals surface area contributed by atoms with Gasteiger partial charge in [0.25, 0.3) is 5.91 Å². The first-order valence-corrected chi connectivity index (χ1v) is 7.35. The maximum absolute atomic E-state index is 11.9. The van der Waals surface area contributed by atoms with Gasteiger partial charge in [0.1, 0.15) is 10.3 Å². The van der Waals surface area contributed by atoms with Crippen LogP contribution in [0.2, 0.25) is 0 Å². The Morgan fingerprint density at radius 1 is 1.35 bits per heavy atom. The molecule has 110 valence electrons. The van der Waals surface area contributed by atoms with Gasteiger partial charge in [-0.3, -0.25) is 9.59 Å². The molecule has 0 fully saturated rings. The summed E-state index contributed by atoms with van der Waals surface area (Å²) in [5.74, 6) is -1.34. The fourth-order valence-electron chi connectivity index (χ4n) is 1.76. The minimum absolute atomic E-state index is 0.00993. The maximum Gasteiger partial charge on any atom is 0.306 e. The van der Waals surface area contributed by atoms with E-state index in [4.69, 9.17) is 5.11 Å². The second-order valence-electron chi connectivity index (χ2n) is 4.89. The van der Waals surface area contributed by atoms with E-state index in [1.807, 2.05) is 6.92 Å². The van der Waals surface area contributed by atoms with Crippen LogP contribution in [0.3, 0.4) is 0 Å². The van der Waals surface area contributed by atoms with Gasteiger partial charge >= 0.3 is 5.97 Å². The molecule has 1 rings (SSSR count). The van der Waals surface area contributed by atoms with Crippen molar-refractivity contribution in [2.75, 3.05) is 0 Å². The summed E-state index contributed by atoms with van der Waals surface area (Å²) in [4.78, 5) is 26.7. The van der Waals surface area contributed by atoms with Crippen molar-refractivity contribution in [2.24, 2.45) is 5.92 Å². The third kappa shape index (κ3) is 5.69. The number of amides is 1. The molecule has 5 nitrogen and oxygen atoms in total. The SMILES string of the molecule is CC(CCCC(C)C(=O)O)NC(=O)c1cccc(Br)n1. The lowest BCUT2D eigenvalue weighted by Crippen LogP contribution is -2.33. The highest BCUT2D eigenvalue weighted by Gasteiger charge is 2.13. The Bertz CT molecular complexity index is 479. The average Bonchev–Trinajstić information content (AvgIpc) is 2.38. The third-order valence-corrected chi connectivity index (χ3v) is 3.46. The summed E-state index contributed by atoms with van der Waals surface area (Å²) in [7, 11) is 0. The summed E-state index contributed by atoms with van der Waals surface area (Å²) in [6.07, 6.45) is 2.13. The molecule has 1 heterocycles. The lowest BCUT2D eigenvalue weighted by atomic mass is 10.0. The van der Waals surface area contributed by atoms with Gasteiger partial charge in [-0.05, 0) is 47.8 Å². The molecular weight excluding hydrogens is 324 g/mol. The van der Waals surface area contributed by atoms with E-state index in [-0.39, 0.29) is 17.9 Å². The molecule has 20 heavy (non-hydrogen) atoms. The number of carbonyl (C=O) groups excluding carboxylic acids is 1. The van der Waals surface area contributed by atoms with Crippen LogP contribution < -0.4 is 5.32 Å². The molecule has 1 aromatic heterocycles. The molecule has 2 atom stereocenters. The first-order chi connectivity index (χ1) is 9.40. The number of hydrogen-bond acceptors (Lipinski definition) is 3. The number of carboxylic acid groups (broad SMARTS) is 1. The van der Waals surface area contributed by atoms with E-state index in [1.165, 1.54) is 0 Å². The van der Waals surface area contributed by atoms with Crippen LogP contribution in [0.4, 0.5) is 0 Å². The largest absolute Gasteiger partial charge is 0.481 e. The smallest absolute Gasteiger partial charge is 0.306 e. The summed E-state index contributed by atoms with van der Waals surface area (Å²) in [5.41, 5.74) is 0.366. The summed E-state index contributed by atoms with van der Waals surface area (Å²) in [5, 5.41) is 11.6. The number of halogens is 1. The van der Waals surface area contributed by atoms with Crippen molar-refractivity contribution in [1.82, 2.24) is 10.3 Å². The maximum atomic E-state index is 11.9. The average molecular weight is 343 g/mol. The van der Waals surface area contributed by atoms with E-state index in [0.717, 1.165) is 12.8 Å². The first-order valence-electron chi connectivity index (χ1n) is 6.56.